The van der Waals surface area contributed by atoms with Crippen LogP contribution in [0.4, 0.5) is 4.39 Å². The van der Waals surface area contributed by atoms with Crippen molar-refractivity contribution in [2.45, 2.75) is 47.6 Å². The van der Waals surface area contributed by atoms with Crippen LogP contribution in [-0.4, -0.2) is 6.54 Å². The molecule has 0 fully saturated rings. The van der Waals surface area contributed by atoms with Crippen LogP contribution < -0.4 is 5.32 Å². The summed E-state index contributed by atoms with van der Waals surface area (Å²) in [5.74, 6) is 1.88. The summed E-state index contributed by atoms with van der Waals surface area (Å²) in [5.41, 5.74) is 2.84. The molecule has 0 spiro atoms. The molecule has 116 valence electrons. The molecule has 2 nitrogen and oxygen atoms in total. The number of furan rings is 1. The van der Waals surface area contributed by atoms with Gasteiger partial charge in [-0.2, -0.15) is 0 Å². The summed E-state index contributed by atoms with van der Waals surface area (Å²) in [6.07, 6.45) is 0.911. The molecule has 1 aromatic carbocycles. The summed E-state index contributed by atoms with van der Waals surface area (Å²) in [4.78, 5) is 0. The summed E-state index contributed by atoms with van der Waals surface area (Å²) in [6, 6.07) is 3.14. The summed E-state index contributed by atoms with van der Waals surface area (Å²) in [6.45, 7) is 12.3. The maximum Gasteiger partial charge on any atom is 0.137 e. The van der Waals surface area contributed by atoms with Gasteiger partial charge < -0.3 is 9.73 Å². The molecule has 21 heavy (non-hydrogen) atoms. The Hall–Kier alpha value is -1.35. The summed E-state index contributed by atoms with van der Waals surface area (Å²) in [7, 11) is 0. The third-order valence-electron chi connectivity index (χ3n) is 3.58. The van der Waals surface area contributed by atoms with E-state index in [2.05, 4.69) is 33.0 Å². The molecule has 0 aliphatic rings. The van der Waals surface area contributed by atoms with Gasteiger partial charge in [0.05, 0.1) is 6.54 Å². The number of hydrogen-bond acceptors (Lipinski definition) is 2. The third-order valence-corrected chi connectivity index (χ3v) is 3.58. The Bertz CT molecular complexity index is 613. The fourth-order valence-corrected chi connectivity index (χ4v) is 2.67. The zero-order chi connectivity index (χ0) is 15.6. The van der Waals surface area contributed by atoms with E-state index in [-0.39, 0.29) is 5.82 Å². The first kappa shape index (κ1) is 16.0. The Balaban J connectivity index is 2.40. The van der Waals surface area contributed by atoms with Gasteiger partial charge in [-0.1, -0.05) is 27.7 Å². The summed E-state index contributed by atoms with van der Waals surface area (Å²) in [5, 5.41) is 4.36. The second kappa shape index (κ2) is 6.61. The molecule has 0 saturated heterocycles. The first-order chi connectivity index (χ1) is 9.88. The van der Waals surface area contributed by atoms with Gasteiger partial charge in [0.15, 0.2) is 0 Å². The predicted molar refractivity (Wildman–Crippen MR) is 86.0 cm³/mol. The highest BCUT2D eigenvalue weighted by molar-refractivity contribution is 5.85. The minimum atomic E-state index is -0.188. The molecule has 0 aliphatic carbocycles. The van der Waals surface area contributed by atoms with E-state index in [0.29, 0.717) is 18.4 Å². The quantitative estimate of drug-likeness (QED) is 0.825. The largest absolute Gasteiger partial charge is 0.459 e. The van der Waals surface area contributed by atoms with E-state index in [0.717, 1.165) is 40.8 Å². The van der Waals surface area contributed by atoms with Crippen LogP contribution in [0.15, 0.2) is 16.5 Å². The number of hydrogen-bond donors (Lipinski definition) is 1. The predicted octanol–water partition coefficient (Wildman–Crippen LogP) is 4.82. The highest BCUT2D eigenvalue weighted by Gasteiger charge is 2.17. The minimum absolute atomic E-state index is 0.188. The Kier molecular flexibility index (Phi) is 5.04. The van der Waals surface area contributed by atoms with Crippen molar-refractivity contribution in [1.82, 2.24) is 5.32 Å². The van der Waals surface area contributed by atoms with Crippen molar-refractivity contribution in [3.63, 3.8) is 0 Å². The molecule has 1 N–H and O–H groups in total. The fourth-order valence-electron chi connectivity index (χ4n) is 2.67. The van der Waals surface area contributed by atoms with E-state index in [1.54, 1.807) is 6.07 Å². The fraction of sp³-hybridized carbons (Fsp3) is 0.556. The van der Waals surface area contributed by atoms with E-state index in [9.17, 15) is 4.39 Å². The van der Waals surface area contributed by atoms with Crippen LogP contribution in [0.3, 0.4) is 0 Å². The molecule has 1 aromatic heterocycles. The van der Waals surface area contributed by atoms with Gasteiger partial charge in [0, 0.05) is 10.9 Å². The zero-order valence-corrected chi connectivity index (χ0v) is 13.7. The lowest BCUT2D eigenvalue weighted by atomic mass is 9.98. The molecule has 0 amide bonds. The molecule has 0 aliphatic heterocycles. The van der Waals surface area contributed by atoms with E-state index < -0.39 is 0 Å². The number of fused-ring (bicyclic) bond motifs is 1. The zero-order valence-electron chi connectivity index (χ0n) is 13.7. The second-order valence-corrected chi connectivity index (χ2v) is 6.73. The topological polar surface area (TPSA) is 25.2 Å². The maximum atomic E-state index is 13.7. The van der Waals surface area contributed by atoms with E-state index in [1.165, 1.54) is 6.07 Å². The maximum absolute atomic E-state index is 13.7. The van der Waals surface area contributed by atoms with Crippen molar-refractivity contribution in [2.24, 2.45) is 11.8 Å². The standard InChI is InChI=1S/C18H26FNO/c1-11(2)6-15-16-8-14(19)7-13(5)18(16)21-17(15)10-20-9-12(3)4/h7-8,11-12,20H,6,9-10H2,1-5H3. The van der Waals surface area contributed by atoms with Crippen molar-refractivity contribution in [3.05, 3.63) is 34.8 Å². The van der Waals surface area contributed by atoms with Crippen LogP contribution in [0.1, 0.15) is 44.6 Å². The first-order valence-corrected chi connectivity index (χ1v) is 7.79. The van der Waals surface area contributed by atoms with Crippen molar-refractivity contribution >= 4 is 11.0 Å². The lowest BCUT2D eigenvalue weighted by Gasteiger charge is -2.09. The molecule has 3 heteroatoms. The van der Waals surface area contributed by atoms with Gasteiger partial charge in [-0.3, -0.25) is 0 Å². The molecule has 0 saturated carbocycles. The highest BCUT2D eigenvalue weighted by Crippen LogP contribution is 2.31. The average Bonchev–Trinajstić information content (AvgIpc) is 2.67. The molecule has 1 heterocycles. The monoisotopic (exact) mass is 291 g/mol. The van der Waals surface area contributed by atoms with Gasteiger partial charge in [0.1, 0.15) is 17.2 Å². The first-order valence-electron chi connectivity index (χ1n) is 7.79. The van der Waals surface area contributed by atoms with Gasteiger partial charge in [-0.15, -0.1) is 0 Å². The van der Waals surface area contributed by atoms with E-state index in [1.807, 2.05) is 6.92 Å². The van der Waals surface area contributed by atoms with Crippen LogP contribution >= 0.6 is 0 Å². The molecular formula is C18H26FNO. The average molecular weight is 291 g/mol. The number of nitrogens with one attached hydrogen (secondary N) is 1. The Morgan fingerprint density at radius 2 is 1.86 bits per heavy atom. The van der Waals surface area contributed by atoms with Crippen molar-refractivity contribution in [1.29, 1.82) is 0 Å². The molecule has 0 unspecified atom stereocenters. The Labute approximate surface area is 126 Å². The molecule has 2 aromatic rings. The Morgan fingerprint density at radius 3 is 2.48 bits per heavy atom. The van der Waals surface area contributed by atoms with Gasteiger partial charge in [0.2, 0.25) is 0 Å². The van der Waals surface area contributed by atoms with Gasteiger partial charge >= 0.3 is 0 Å². The molecule has 0 radical (unpaired) electrons. The number of halogens is 1. The summed E-state index contributed by atoms with van der Waals surface area (Å²) >= 11 is 0. The van der Waals surface area contributed by atoms with E-state index in [4.69, 9.17) is 4.42 Å². The number of aryl methyl sites for hydroxylation is 1. The van der Waals surface area contributed by atoms with Crippen LogP contribution in [0, 0.1) is 24.6 Å². The van der Waals surface area contributed by atoms with Crippen molar-refractivity contribution in [2.75, 3.05) is 6.54 Å². The Morgan fingerprint density at radius 1 is 1.14 bits per heavy atom. The van der Waals surface area contributed by atoms with Crippen LogP contribution in [-0.2, 0) is 13.0 Å². The normalized spacial score (nSPS) is 12.0. The summed E-state index contributed by atoms with van der Waals surface area (Å²) < 4.78 is 19.8. The lowest BCUT2D eigenvalue weighted by molar-refractivity contribution is 0.476. The smallest absolute Gasteiger partial charge is 0.137 e. The number of benzene rings is 1. The lowest BCUT2D eigenvalue weighted by Crippen LogP contribution is -2.19. The van der Waals surface area contributed by atoms with Crippen LogP contribution in [0.5, 0.6) is 0 Å². The van der Waals surface area contributed by atoms with E-state index >= 15 is 0 Å². The highest BCUT2D eigenvalue weighted by atomic mass is 19.1. The SMILES string of the molecule is Cc1cc(F)cc2c(CC(C)C)c(CNCC(C)C)oc12. The molecule has 2 rings (SSSR count). The van der Waals surface area contributed by atoms with Crippen molar-refractivity contribution in [3.8, 4) is 0 Å². The molecule has 0 bridgehead atoms. The molecular weight excluding hydrogens is 265 g/mol. The third kappa shape index (κ3) is 3.85. The minimum Gasteiger partial charge on any atom is -0.459 e. The van der Waals surface area contributed by atoms with Gasteiger partial charge in [0.25, 0.3) is 0 Å². The van der Waals surface area contributed by atoms with Crippen molar-refractivity contribution < 1.29 is 8.81 Å². The van der Waals surface area contributed by atoms with Gasteiger partial charge in [-0.25, -0.2) is 4.39 Å². The van der Waals surface area contributed by atoms with Crippen LogP contribution in [0.2, 0.25) is 0 Å². The number of rotatable bonds is 6. The van der Waals surface area contributed by atoms with Gasteiger partial charge in [-0.05, 0) is 49.4 Å². The second-order valence-electron chi connectivity index (χ2n) is 6.73. The van der Waals surface area contributed by atoms with Crippen LogP contribution in [0.25, 0.3) is 11.0 Å². The molecule has 0 atom stereocenters.